The van der Waals surface area contributed by atoms with Crippen LogP contribution in [0.25, 0.3) is 0 Å². The van der Waals surface area contributed by atoms with E-state index in [1.807, 2.05) is 18.2 Å². The highest BCUT2D eigenvalue weighted by Crippen LogP contribution is 2.49. The molecule has 4 rings (SSSR count). The summed E-state index contributed by atoms with van der Waals surface area (Å²) in [5.74, 6) is 0.258. The van der Waals surface area contributed by atoms with Gasteiger partial charge in [0, 0.05) is 33.8 Å². The summed E-state index contributed by atoms with van der Waals surface area (Å²) in [7, 11) is 1.51. The van der Waals surface area contributed by atoms with Crippen LogP contribution in [0.4, 0.5) is 10.1 Å². The molecule has 0 radical (unpaired) electrons. The number of nitrogens with zero attached hydrogens (tertiary/aromatic N) is 1. The van der Waals surface area contributed by atoms with Gasteiger partial charge >= 0.3 is 0 Å². The van der Waals surface area contributed by atoms with Crippen LogP contribution in [0.15, 0.2) is 30.5 Å². The molecule has 0 amide bonds. The Bertz CT molecular complexity index is 784. The highest BCUT2D eigenvalue weighted by atomic mass is 127. The maximum atomic E-state index is 14.3. The zero-order chi connectivity index (χ0) is 17.6. The van der Waals surface area contributed by atoms with Gasteiger partial charge in [-0.1, -0.05) is 0 Å². The van der Waals surface area contributed by atoms with Gasteiger partial charge in [-0.25, -0.2) is 4.39 Å². The number of halogens is 2. The Labute approximate surface area is 160 Å². The Morgan fingerprint density at radius 2 is 2.20 bits per heavy atom. The van der Waals surface area contributed by atoms with Crippen molar-refractivity contribution in [3.63, 3.8) is 0 Å². The number of rotatable bonds is 5. The Hall–Kier alpha value is -1.25. The molecule has 1 aromatic carbocycles. The Balaban J connectivity index is 1.47. The molecule has 1 aromatic heterocycles. The third kappa shape index (κ3) is 3.27. The van der Waals surface area contributed by atoms with Crippen LogP contribution in [0.1, 0.15) is 41.6 Å². The van der Waals surface area contributed by atoms with Crippen molar-refractivity contribution in [3.8, 4) is 0 Å². The number of fused-ring (bicyclic) bond motifs is 1. The van der Waals surface area contributed by atoms with Gasteiger partial charge in [0.05, 0.1) is 17.9 Å². The first-order valence-electron chi connectivity index (χ1n) is 8.48. The normalized spacial score (nSPS) is 25.5. The molecule has 0 aliphatic heterocycles. The Morgan fingerprint density at radius 3 is 2.92 bits per heavy atom. The van der Waals surface area contributed by atoms with Crippen LogP contribution in [-0.4, -0.2) is 23.5 Å². The van der Waals surface area contributed by atoms with Crippen LogP contribution >= 0.6 is 22.6 Å². The van der Waals surface area contributed by atoms with Crippen LogP contribution in [-0.2, 0) is 11.2 Å². The number of anilines is 1. The number of methoxy groups -OCH3 is 1. The fraction of sp³-hybridized carbons (Fsp3) is 0.421. The minimum absolute atomic E-state index is 0.0126. The molecule has 0 saturated heterocycles. The highest BCUT2D eigenvalue weighted by Gasteiger charge is 2.44. The van der Waals surface area contributed by atoms with Crippen LogP contribution in [0.5, 0.6) is 0 Å². The average molecular weight is 454 g/mol. The van der Waals surface area contributed by atoms with E-state index in [-0.39, 0.29) is 23.7 Å². The van der Waals surface area contributed by atoms with Gasteiger partial charge in [0.15, 0.2) is 6.29 Å². The number of aliphatic hydroxyl groups is 1. The smallest absolute Gasteiger partial charge is 0.157 e. The van der Waals surface area contributed by atoms with E-state index in [1.54, 1.807) is 12.3 Å². The van der Waals surface area contributed by atoms with E-state index in [9.17, 15) is 9.50 Å². The predicted molar refractivity (Wildman–Crippen MR) is 102 cm³/mol. The maximum absolute atomic E-state index is 14.3. The molecule has 1 fully saturated rings. The lowest BCUT2D eigenvalue weighted by Gasteiger charge is -2.16. The van der Waals surface area contributed by atoms with Crippen molar-refractivity contribution in [2.45, 2.75) is 37.5 Å². The second-order valence-electron chi connectivity index (χ2n) is 6.76. The van der Waals surface area contributed by atoms with E-state index in [0.29, 0.717) is 0 Å². The van der Waals surface area contributed by atoms with Crippen LogP contribution in [0, 0.1) is 15.3 Å². The summed E-state index contributed by atoms with van der Waals surface area (Å²) in [6, 6.07) is 7.35. The quantitative estimate of drug-likeness (QED) is 0.530. The predicted octanol–water partition coefficient (Wildman–Crippen LogP) is 3.99. The molecule has 1 unspecified atom stereocenters. The fourth-order valence-electron chi connectivity index (χ4n) is 3.77. The molecule has 2 N–H and O–H groups in total. The van der Waals surface area contributed by atoms with Gasteiger partial charge in [0.25, 0.3) is 0 Å². The SMILES string of the molecule is COC(O)[C@H]1C[C@@H]1c1ccc(N[C@@H]2CCc3c(I)ccc(F)c32)cn1. The molecule has 4 atom stereocenters. The third-order valence-corrected chi connectivity index (χ3v) is 6.24. The van der Waals surface area contributed by atoms with Crippen LogP contribution in [0.2, 0.25) is 0 Å². The molecule has 25 heavy (non-hydrogen) atoms. The van der Waals surface area contributed by atoms with Crippen LogP contribution < -0.4 is 5.32 Å². The van der Waals surface area contributed by atoms with Gasteiger partial charge in [-0.2, -0.15) is 0 Å². The number of benzene rings is 1. The number of hydrogen-bond acceptors (Lipinski definition) is 4. The summed E-state index contributed by atoms with van der Waals surface area (Å²) in [6.07, 6.45) is 3.76. The summed E-state index contributed by atoms with van der Waals surface area (Å²) in [5, 5.41) is 13.1. The monoisotopic (exact) mass is 454 g/mol. The van der Waals surface area contributed by atoms with Gasteiger partial charge in [-0.15, -0.1) is 0 Å². The molecule has 1 saturated carbocycles. The molecular formula is C19H20FIN2O2. The third-order valence-electron chi connectivity index (χ3n) is 5.23. The zero-order valence-electron chi connectivity index (χ0n) is 13.9. The van der Waals surface area contributed by atoms with Crippen molar-refractivity contribution in [2.24, 2.45) is 5.92 Å². The lowest BCUT2D eigenvalue weighted by molar-refractivity contribution is -0.0896. The number of aliphatic hydroxyl groups excluding tert-OH is 1. The zero-order valence-corrected chi connectivity index (χ0v) is 16.0. The van der Waals surface area contributed by atoms with E-state index < -0.39 is 6.29 Å². The molecule has 0 spiro atoms. The number of nitrogens with one attached hydrogen (secondary N) is 1. The van der Waals surface area contributed by atoms with Crippen molar-refractivity contribution >= 4 is 28.3 Å². The molecule has 0 bridgehead atoms. The van der Waals surface area contributed by atoms with E-state index >= 15 is 0 Å². The van der Waals surface area contributed by atoms with Crippen molar-refractivity contribution in [1.82, 2.24) is 4.98 Å². The number of pyridine rings is 1. The Kier molecular flexibility index (Phi) is 4.68. The maximum Gasteiger partial charge on any atom is 0.157 e. The van der Waals surface area contributed by atoms with E-state index in [0.717, 1.165) is 45.3 Å². The highest BCUT2D eigenvalue weighted by molar-refractivity contribution is 14.1. The largest absolute Gasteiger partial charge is 0.377 e. The molecule has 2 aliphatic carbocycles. The molecule has 132 valence electrons. The van der Waals surface area contributed by atoms with E-state index in [4.69, 9.17) is 4.74 Å². The van der Waals surface area contributed by atoms with Gasteiger partial charge < -0.3 is 15.2 Å². The van der Waals surface area contributed by atoms with Gasteiger partial charge in [0.1, 0.15) is 5.82 Å². The first kappa shape index (κ1) is 17.2. The molecule has 1 heterocycles. The fourth-order valence-corrected chi connectivity index (χ4v) is 4.51. The summed E-state index contributed by atoms with van der Waals surface area (Å²) in [4.78, 5) is 4.52. The van der Waals surface area contributed by atoms with E-state index in [2.05, 4.69) is 32.9 Å². The standard InChI is InChI=1S/C19H20FIN2O2/c1-25-19(24)13-8-12(13)16-6-2-10(9-22-16)23-17-7-3-11-15(21)5-4-14(20)18(11)17/h2,4-6,9,12-13,17,19,23-24H,3,7-8H2,1H3/t12-,13-,17+,19?/m0/s1. The molecule has 2 aromatic rings. The summed E-state index contributed by atoms with van der Waals surface area (Å²) in [6.45, 7) is 0. The molecule has 6 heteroatoms. The first-order chi connectivity index (χ1) is 12.1. The Morgan fingerprint density at radius 1 is 1.36 bits per heavy atom. The molecule has 4 nitrogen and oxygen atoms in total. The van der Waals surface area contributed by atoms with Crippen molar-refractivity contribution < 1.29 is 14.2 Å². The second-order valence-corrected chi connectivity index (χ2v) is 7.92. The lowest BCUT2D eigenvalue weighted by atomic mass is 10.1. The number of ether oxygens (including phenoxy) is 1. The lowest BCUT2D eigenvalue weighted by Crippen LogP contribution is -2.12. The number of hydrogen-bond donors (Lipinski definition) is 2. The summed E-state index contributed by atoms with van der Waals surface area (Å²) >= 11 is 2.27. The van der Waals surface area contributed by atoms with Crippen LogP contribution in [0.3, 0.4) is 0 Å². The van der Waals surface area contributed by atoms with Crippen molar-refractivity contribution in [2.75, 3.05) is 12.4 Å². The van der Waals surface area contributed by atoms with Crippen molar-refractivity contribution in [1.29, 1.82) is 0 Å². The van der Waals surface area contributed by atoms with Gasteiger partial charge in [-0.3, -0.25) is 4.98 Å². The molecule has 2 aliphatic rings. The van der Waals surface area contributed by atoms with Gasteiger partial charge in [0.2, 0.25) is 0 Å². The van der Waals surface area contributed by atoms with Crippen molar-refractivity contribution in [3.05, 3.63) is 56.7 Å². The summed E-state index contributed by atoms with van der Waals surface area (Å²) < 4.78 is 20.4. The molecular weight excluding hydrogens is 434 g/mol. The first-order valence-corrected chi connectivity index (χ1v) is 9.56. The number of aromatic nitrogens is 1. The second kappa shape index (κ2) is 6.81. The summed E-state index contributed by atoms with van der Waals surface area (Å²) in [5.41, 5.74) is 3.78. The minimum atomic E-state index is -0.718. The topological polar surface area (TPSA) is 54.4 Å². The minimum Gasteiger partial charge on any atom is -0.377 e. The van der Waals surface area contributed by atoms with Gasteiger partial charge in [-0.05, 0) is 71.7 Å². The van der Waals surface area contributed by atoms with E-state index in [1.165, 1.54) is 7.11 Å². The average Bonchev–Trinajstić information content (AvgIpc) is 3.31.